The Morgan fingerprint density at radius 3 is 2.91 bits per heavy atom. The zero-order chi connectivity index (χ0) is 14.9. The maximum absolute atomic E-state index is 5.75. The Bertz CT molecular complexity index is 323. The normalized spacial score (nSPS) is 27.4. The predicted molar refractivity (Wildman–Crippen MR) is 101 cm³/mol. The van der Waals surface area contributed by atoms with Crippen LogP contribution in [0, 0.1) is 5.92 Å². The minimum Gasteiger partial charge on any atom is -0.379 e. The van der Waals surface area contributed by atoms with Crippen LogP contribution >= 0.6 is 24.0 Å². The van der Waals surface area contributed by atoms with Gasteiger partial charge in [0.25, 0.3) is 0 Å². The van der Waals surface area contributed by atoms with E-state index >= 15 is 0 Å². The van der Waals surface area contributed by atoms with Crippen molar-refractivity contribution < 1.29 is 9.47 Å². The lowest BCUT2D eigenvalue weighted by molar-refractivity contribution is 0.0424. The molecule has 0 aromatic heterocycles. The van der Waals surface area contributed by atoms with Gasteiger partial charge in [0.2, 0.25) is 0 Å². The molecule has 130 valence electrons. The van der Waals surface area contributed by atoms with E-state index < -0.39 is 0 Å². The first-order valence-electron chi connectivity index (χ1n) is 8.57. The predicted octanol–water partition coefficient (Wildman–Crippen LogP) is 2.54. The Kier molecular flexibility index (Phi) is 10.4. The van der Waals surface area contributed by atoms with Crippen LogP contribution < -0.4 is 10.6 Å². The lowest BCUT2D eigenvalue weighted by Gasteiger charge is -2.12. The highest BCUT2D eigenvalue weighted by Crippen LogP contribution is 2.34. The number of guanidine groups is 1. The summed E-state index contributed by atoms with van der Waals surface area (Å²) in [4.78, 5) is 4.64. The summed E-state index contributed by atoms with van der Waals surface area (Å²) in [6, 6.07) is 0.634. The van der Waals surface area contributed by atoms with E-state index in [1.165, 1.54) is 19.3 Å². The summed E-state index contributed by atoms with van der Waals surface area (Å²) in [6.45, 7) is 8.46. The van der Waals surface area contributed by atoms with Crippen LogP contribution in [0.1, 0.15) is 46.0 Å². The van der Waals surface area contributed by atoms with E-state index in [0.717, 1.165) is 57.6 Å². The van der Waals surface area contributed by atoms with Crippen LogP contribution in [0.4, 0.5) is 0 Å². The zero-order valence-electron chi connectivity index (χ0n) is 14.0. The average molecular weight is 425 g/mol. The van der Waals surface area contributed by atoms with Gasteiger partial charge in [-0.3, -0.25) is 4.99 Å². The van der Waals surface area contributed by atoms with Crippen LogP contribution in [0.2, 0.25) is 0 Å². The molecule has 0 aromatic rings. The molecule has 0 bridgehead atoms. The van der Waals surface area contributed by atoms with Crippen molar-refractivity contribution >= 4 is 29.9 Å². The maximum Gasteiger partial charge on any atom is 0.191 e. The second-order valence-corrected chi connectivity index (χ2v) is 6.01. The summed E-state index contributed by atoms with van der Waals surface area (Å²) >= 11 is 0. The number of hydrogen-bond acceptors (Lipinski definition) is 3. The van der Waals surface area contributed by atoms with Gasteiger partial charge in [0.1, 0.15) is 0 Å². The number of rotatable bonds is 9. The van der Waals surface area contributed by atoms with Crippen LogP contribution in [0.3, 0.4) is 0 Å². The van der Waals surface area contributed by atoms with Gasteiger partial charge >= 0.3 is 0 Å². The second kappa shape index (κ2) is 11.5. The third-order valence-electron chi connectivity index (χ3n) is 4.06. The van der Waals surface area contributed by atoms with Crippen LogP contribution in [-0.4, -0.2) is 51.0 Å². The molecule has 3 atom stereocenters. The summed E-state index contributed by atoms with van der Waals surface area (Å²) in [5.74, 6) is 1.81. The molecule has 1 aliphatic heterocycles. The number of hydrogen-bond donors (Lipinski definition) is 2. The van der Waals surface area contributed by atoms with Gasteiger partial charge in [-0.1, -0.05) is 13.3 Å². The fourth-order valence-corrected chi connectivity index (χ4v) is 2.76. The molecule has 0 radical (unpaired) electrons. The van der Waals surface area contributed by atoms with E-state index in [9.17, 15) is 0 Å². The monoisotopic (exact) mass is 425 g/mol. The fourth-order valence-electron chi connectivity index (χ4n) is 2.76. The summed E-state index contributed by atoms with van der Waals surface area (Å²) in [5, 5.41) is 6.86. The highest BCUT2D eigenvalue weighted by Gasteiger charge is 2.36. The molecule has 1 saturated heterocycles. The molecule has 2 N–H and O–H groups in total. The number of ether oxygens (including phenoxy) is 2. The Morgan fingerprint density at radius 1 is 1.36 bits per heavy atom. The average Bonchev–Trinajstić information content (AvgIpc) is 3.00. The SMILES string of the molecule is CCCC1CC1NC(=NCCCOC1CCOC1)NCC.I. The first-order chi connectivity index (χ1) is 10.3. The minimum atomic E-state index is 0. The minimum absolute atomic E-state index is 0. The van der Waals surface area contributed by atoms with Crippen LogP contribution in [-0.2, 0) is 9.47 Å². The third kappa shape index (κ3) is 7.46. The highest BCUT2D eigenvalue weighted by molar-refractivity contribution is 14.0. The van der Waals surface area contributed by atoms with Crippen molar-refractivity contribution in [2.75, 3.05) is 32.9 Å². The maximum atomic E-state index is 5.75. The first-order valence-corrected chi connectivity index (χ1v) is 8.57. The van der Waals surface area contributed by atoms with Crippen molar-refractivity contribution in [1.29, 1.82) is 0 Å². The number of nitrogens with one attached hydrogen (secondary N) is 2. The molecule has 1 saturated carbocycles. The van der Waals surface area contributed by atoms with Gasteiger partial charge in [-0.2, -0.15) is 0 Å². The van der Waals surface area contributed by atoms with E-state index in [-0.39, 0.29) is 24.0 Å². The Morgan fingerprint density at radius 2 is 2.23 bits per heavy atom. The molecule has 1 heterocycles. The first kappa shape index (κ1) is 20.0. The smallest absolute Gasteiger partial charge is 0.191 e. The van der Waals surface area contributed by atoms with E-state index in [1.54, 1.807) is 0 Å². The molecule has 1 aliphatic carbocycles. The molecule has 2 aliphatic rings. The third-order valence-corrected chi connectivity index (χ3v) is 4.06. The van der Waals surface area contributed by atoms with Crippen LogP contribution in [0.5, 0.6) is 0 Å². The van der Waals surface area contributed by atoms with E-state index in [0.29, 0.717) is 12.1 Å². The van der Waals surface area contributed by atoms with Gasteiger partial charge in [0, 0.05) is 32.3 Å². The van der Waals surface area contributed by atoms with Crippen molar-refractivity contribution in [2.24, 2.45) is 10.9 Å². The van der Waals surface area contributed by atoms with E-state index in [4.69, 9.17) is 9.47 Å². The largest absolute Gasteiger partial charge is 0.379 e. The Labute approximate surface area is 152 Å². The molecule has 0 amide bonds. The molecule has 6 heteroatoms. The summed E-state index contributed by atoms with van der Waals surface area (Å²) in [6.07, 6.45) is 6.21. The number of aliphatic imine (C=N–C) groups is 1. The van der Waals surface area contributed by atoms with Gasteiger partial charge in [-0.25, -0.2) is 0 Å². The Hall–Kier alpha value is -0.0800. The topological polar surface area (TPSA) is 54.9 Å². The quantitative estimate of drug-likeness (QED) is 0.258. The molecular weight excluding hydrogens is 393 g/mol. The standard InChI is InChI=1S/C16H31N3O2.HI/c1-3-6-13-11-15(13)19-16(17-4-2)18-8-5-9-21-14-7-10-20-12-14;/h13-15H,3-12H2,1-2H3,(H2,17,18,19);1H. The van der Waals surface area contributed by atoms with Crippen molar-refractivity contribution in [2.45, 2.75) is 58.1 Å². The molecule has 2 fully saturated rings. The molecule has 22 heavy (non-hydrogen) atoms. The lowest BCUT2D eigenvalue weighted by Crippen LogP contribution is -2.39. The number of halogens is 1. The van der Waals surface area contributed by atoms with Crippen molar-refractivity contribution in [3.63, 3.8) is 0 Å². The summed E-state index contributed by atoms with van der Waals surface area (Å²) < 4.78 is 11.0. The Balaban J connectivity index is 0.00000242. The molecule has 0 aromatic carbocycles. The zero-order valence-corrected chi connectivity index (χ0v) is 16.3. The summed E-state index contributed by atoms with van der Waals surface area (Å²) in [5.41, 5.74) is 0. The molecule has 0 spiro atoms. The number of nitrogens with zero attached hydrogens (tertiary/aromatic N) is 1. The van der Waals surface area contributed by atoms with Crippen molar-refractivity contribution in [3.05, 3.63) is 0 Å². The molecule has 2 rings (SSSR count). The molecular formula is C16H32IN3O2. The van der Waals surface area contributed by atoms with Crippen LogP contribution in [0.25, 0.3) is 0 Å². The second-order valence-electron chi connectivity index (χ2n) is 6.01. The summed E-state index contributed by atoms with van der Waals surface area (Å²) in [7, 11) is 0. The van der Waals surface area contributed by atoms with Gasteiger partial charge in [-0.15, -0.1) is 24.0 Å². The van der Waals surface area contributed by atoms with Crippen LogP contribution in [0.15, 0.2) is 4.99 Å². The van der Waals surface area contributed by atoms with Gasteiger partial charge in [0.15, 0.2) is 5.96 Å². The van der Waals surface area contributed by atoms with E-state index in [2.05, 4.69) is 29.5 Å². The van der Waals surface area contributed by atoms with Gasteiger partial charge in [0.05, 0.1) is 12.7 Å². The molecule has 5 nitrogen and oxygen atoms in total. The lowest BCUT2D eigenvalue weighted by atomic mass is 10.2. The van der Waals surface area contributed by atoms with Gasteiger partial charge < -0.3 is 20.1 Å². The van der Waals surface area contributed by atoms with Gasteiger partial charge in [-0.05, 0) is 38.5 Å². The highest BCUT2D eigenvalue weighted by atomic mass is 127. The molecule has 3 unspecified atom stereocenters. The van der Waals surface area contributed by atoms with Crippen molar-refractivity contribution in [3.8, 4) is 0 Å². The van der Waals surface area contributed by atoms with E-state index in [1.807, 2.05) is 0 Å². The van der Waals surface area contributed by atoms with Crippen molar-refractivity contribution in [1.82, 2.24) is 10.6 Å². The fraction of sp³-hybridized carbons (Fsp3) is 0.938.